The Bertz CT molecular complexity index is 476. The molecular weight excluding hydrogens is 242 g/mol. The van der Waals surface area contributed by atoms with Gasteiger partial charge in [0.15, 0.2) is 5.92 Å². The molecule has 1 aliphatic heterocycles. The second-order valence-electron chi connectivity index (χ2n) is 5.82. The van der Waals surface area contributed by atoms with E-state index in [4.69, 9.17) is 4.74 Å². The second kappa shape index (κ2) is 5.03. The minimum Gasteiger partial charge on any atom is -0.459 e. The lowest BCUT2D eigenvalue weighted by Crippen LogP contribution is -2.62. The quantitative estimate of drug-likeness (QED) is 0.512. The van der Waals surface area contributed by atoms with E-state index < -0.39 is 17.5 Å². The molecule has 0 saturated carbocycles. The van der Waals surface area contributed by atoms with Crippen LogP contribution in [0.3, 0.4) is 0 Å². The van der Waals surface area contributed by atoms with Crippen LogP contribution in [0.15, 0.2) is 30.3 Å². The standard InChI is InChI=1S/C15H19NO3/c1-15(2,3)19-14(18)12-11(16-13(12)17)9-10-7-5-4-6-8-10/h4-8,11-12H,9H2,1-3H3,(H,16,17). The summed E-state index contributed by atoms with van der Waals surface area (Å²) in [6.07, 6.45) is 0.649. The van der Waals surface area contributed by atoms with Gasteiger partial charge in [0.05, 0.1) is 6.04 Å². The van der Waals surface area contributed by atoms with E-state index in [1.54, 1.807) is 20.8 Å². The predicted molar refractivity (Wildman–Crippen MR) is 71.4 cm³/mol. The zero-order chi connectivity index (χ0) is 14.0. The zero-order valence-corrected chi connectivity index (χ0v) is 11.5. The van der Waals surface area contributed by atoms with Crippen molar-refractivity contribution >= 4 is 11.9 Å². The molecule has 4 nitrogen and oxygen atoms in total. The Kier molecular flexibility index (Phi) is 3.60. The van der Waals surface area contributed by atoms with Gasteiger partial charge in [-0.1, -0.05) is 30.3 Å². The summed E-state index contributed by atoms with van der Waals surface area (Å²) in [6.45, 7) is 5.40. The van der Waals surface area contributed by atoms with Crippen molar-refractivity contribution in [2.75, 3.05) is 0 Å². The summed E-state index contributed by atoms with van der Waals surface area (Å²) in [5.74, 6) is -1.35. The first kappa shape index (κ1) is 13.6. The third-order valence-corrected chi connectivity index (χ3v) is 2.97. The average Bonchev–Trinajstić information content (AvgIpc) is 2.26. The molecule has 102 valence electrons. The Morgan fingerprint density at radius 1 is 1.26 bits per heavy atom. The SMILES string of the molecule is CC(C)(C)OC(=O)C1C(=O)NC1Cc1ccccc1. The number of nitrogens with one attached hydrogen (secondary N) is 1. The first-order chi connectivity index (χ1) is 8.87. The molecule has 1 aromatic carbocycles. The van der Waals surface area contributed by atoms with Gasteiger partial charge >= 0.3 is 5.97 Å². The Labute approximate surface area is 113 Å². The highest BCUT2D eigenvalue weighted by Gasteiger charge is 2.46. The van der Waals surface area contributed by atoms with E-state index in [-0.39, 0.29) is 11.9 Å². The topological polar surface area (TPSA) is 55.4 Å². The van der Waals surface area contributed by atoms with Crippen molar-refractivity contribution in [3.8, 4) is 0 Å². The van der Waals surface area contributed by atoms with Crippen LogP contribution in [0.25, 0.3) is 0 Å². The van der Waals surface area contributed by atoms with Crippen molar-refractivity contribution in [1.82, 2.24) is 5.32 Å². The highest BCUT2D eigenvalue weighted by atomic mass is 16.6. The van der Waals surface area contributed by atoms with Crippen LogP contribution in [-0.4, -0.2) is 23.5 Å². The Morgan fingerprint density at radius 2 is 1.89 bits per heavy atom. The van der Waals surface area contributed by atoms with Crippen molar-refractivity contribution < 1.29 is 14.3 Å². The van der Waals surface area contributed by atoms with Crippen molar-refractivity contribution in [2.45, 2.75) is 38.8 Å². The average molecular weight is 261 g/mol. The largest absolute Gasteiger partial charge is 0.459 e. The molecule has 1 heterocycles. The van der Waals surface area contributed by atoms with Crippen LogP contribution in [0.1, 0.15) is 26.3 Å². The van der Waals surface area contributed by atoms with Gasteiger partial charge in [0.2, 0.25) is 5.91 Å². The lowest BCUT2D eigenvalue weighted by atomic mass is 9.86. The minimum atomic E-state index is -0.681. The number of β-lactam (4-membered cyclic amide) rings is 1. The molecule has 4 heteroatoms. The molecule has 0 aliphatic carbocycles. The fourth-order valence-corrected chi connectivity index (χ4v) is 2.12. The lowest BCUT2D eigenvalue weighted by Gasteiger charge is -2.36. The summed E-state index contributed by atoms with van der Waals surface area (Å²) in [7, 11) is 0. The number of hydrogen-bond donors (Lipinski definition) is 1. The zero-order valence-electron chi connectivity index (χ0n) is 11.5. The third kappa shape index (κ3) is 3.34. The molecular formula is C15H19NO3. The molecule has 0 spiro atoms. The van der Waals surface area contributed by atoms with Gasteiger partial charge in [-0.2, -0.15) is 0 Å². The molecule has 2 atom stereocenters. The van der Waals surface area contributed by atoms with Gasteiger partial charge in [0.25, 0.3) is 0 Å². The van der Waals surface area contributed by atoms with E-state index in [2.05, 4.69) is 5.32 Å². The molecule has 1 N–H and O–H groups in total. The monoisotopic (exact) mass is 261 g/mol. The maximum absolute atomic E-state index is 12.0. The van der Waals surface area contributed by atoms with Crippen LogP contribution in [0.2, 0.25) is 0 Å². The lowest BCUT2D eigenvalue weighted by molar-refractivity contribution is -0.168. The summed E-state index contributed by atoms with van der Waals surface area (Å²) in [5.41, 5.74) is 0.533. The first-order valence-corrected chi connectivity index (χ1v) is 6.44. The second-order valence-corrected chi connectivity index (χ2v) is 5.82. The molecule has 2 rings (SSSR count). The number of carbonyl (C=O) groups is 2. The summed E-state index contributed by atoms with van der Waals surface area (Å²) in [5, 5.41) is 2.77. The minimum absolute atomic E-state index is 0.162. The van der Waals surface area contributed by atoms with Gasteiger partial charge in [-0.3, -0.25) is 9.59 Å². The molecule has 1 aliphatic rings. The number of hydrogen-bond acceptors (Lipinski definition) is 3. The maximum atomic E-state index is 12.0. The molecule has 19 heavy (non-hydrogen) atoms. The summed E-state index contributed by atoms with van der Waals surface area (Å²) < 4.78 is 5.28. The van der Waals surface area contributed by atoms with E-state index in [1.165, 1.54) is 0 Å². The number of carbonyl (C=O) groups excluding carboxylic acids is 2. The van der Waals surface area contributed by atoms with Gasteiger partial charge in [-0.05, 0) is 32.8 Å². The molecule has 2 unspecified atom stereocenters. The van der Waals surface area contributed by atoms with E-state index in [0.29, 0.717) is 6.42 Å². The van der Waals surface area contributed by atoms with Crippen LogP contribution in [0, 0.1) is 5.92 Å². The van der Waals surface area contributed by atoms with E-state index >= 15 is 0 Å². The van der Waals surface area contributed by atoms with Gasteiger partial charge in [0.1, 0.15) is 5.60 Å². The molecule has 1 aromatic rings. The molecule has 1 fully saturated rings. The highest BCUT2D eigenvalue weighted by Crippen LogP contribution is 2.23. The fraction of sp³-hybridized carbons (Fsp3) is 0.467. The number of benzene rings is 1. The molecule has 0 radical (unpaired) electrons. The van der Waals surface area contributed by atoms with Gasteiger partial charge in [-0.25, -0.2) is 0 Å². The Morgan fingerprint density at radius 3 is 2.42 bits per heavy atom. The summed E-state index contributed by atoms with van der Waals surface area (Å²) in [4.78, 5) is 23.5. The Balaban J connectivity index is 2.00. The van der Waals surface area contributed by atoms with Gasteiger partial charge < -0.3 is 10.1 Å². The number of rotatable bonds is 3. The normalized spacial score (nSPS) is 22.4. The van der Waals surface area contributed by atoms with E-state index in [9.17, 15) is 9.59 Å². The van der Waals surface area contributed by atoms with Crippen molar-refractivity contribution in [3.05, 3.63) is 35.9 Å². The molecule has 0 aromatic heterocycles. The number of ether oxygens (including phenoxy) is 1. The molecule has 1 saturated heterocycles. The van der Waals surface area contributed by atoms with Crippen LogP contribution in [-0.2, 0) is 20.7 Å². The smallest absolute Gasteiger partial charge is 0.321 e. The Hall–Kier alpha value is -1.84. The summed E-state index contributed by atoms with van der Waals surface area (Å²) in [6, 6.07) is 9.63. The number of amides is 1. The predicted octanol–water partition coefficient (Wildman–Crippen LogP) is 1.69. The van der Waals surface area contributed by atoms with E-state index in [0.717, 1.165) is 5.56 Å². The fourth-order valence-electron chi connectivity index (χ4n) is 2.12. The van der Waals surface area contributed by atoms with Gasteiger partial charge in [0, 0.05) is 0 Å². The third-order valence-electron chi connectivity index (χ3n) is 2.97. The first-order valence-electron chi connectivity index (χ1n) is 6.44. The van der Waals surface area contributed by atoms with Crippen LogP contribution in [0.5, 0.6) is 0 Å². The van der Waals surface area contributed by atoms with E-state index in [1.807, 2.05) is 30.3 Å². The summed E-state index contributed by atoms with van der Waals surface area (Å²) >= 11 is 0. The van der Waals surface area contributed by atoms with Crippen molar-refractivity contribution in [3.63, 3.8) is 0 Å². The van der Waals surface area contributed by atoms with Gasteiger partial charge in [-0.15, -0.1) is 0 Å². The van der Waals surface area contributed by atoms with Crippen LogP contribution < -0.4 is 5.32 Å². The highest BCUT2D eigenvalue weighted by molar-refractivity contribution is 6.03. The van der Waals surface area contributed by atoms with Crippen molar-refractivity contribution in [2.24, 2.45) is 5.92 Å². The number of esters is 1. The van der Waals surface area contributed by atoms with Crippen LogP contribution >= 0.6 is 0 Å². The van der Waals surface area contributed by atoms with Crippen molar-refractivity contribution in [1.29, 1.82) is 0 Å². The molecule has 0 bridgehead atoms. The maximum Gasteiger partial charge on any atom is 0.321 e. The van der Waals surface area contributed by atoms with Crippen LogP contribution in [0.4, 0.5) is 0 Å². The molecule has 1 amide bonds.